The molecular weight excluding hydrogens is 308 g/mol. The SMILES string of the molecule is C[C@H](CCC[C@@H](O)c1ccccc1)NCc1ccc2cnccc2c1. The van der Waals surface area contributed by atoms with Crippen LogP contribution in [0.2, 0.25) is 0 Å². The molecule has 130 valence electrons. The van der Waals surface area contributed by atoms with Crippen molar-refractivity contribution in [2.24, 2.45) is 0 Å². The molecule has 1 aromatic heterocycles. The van der Waals surface area contributed by atoms with E-state index in [-0.39, 0.29) is 6.10 Å². The van der Waals surface area contributed by atoms with Gasteiger partial charge in [-0.2, -0.15) is 0 Å². The van der Waals surface area contributed by atoms with Crippen molar-refractivity contribution >= 4 is 10.8 Å². The number of hydrogen-bond acceptors (Lipinski definition) is 3. The van der Waals surface area contributed by atoms with Crippen LogP contribution in [0.25, 0.3) is 10.8 Å². The minimum atomic E-state index is -0.359. The van der Waals surface area contributed by atoms with Crippen LogP contribution >= 0.6 is 0 Å². The van der Waals surface area contributed by atoms with Gasteiger partial charge in [0.2, 0.25) is 0 Å². The summed E-state index contributed by atoms with van der Waals surface area (Å²) in [7, 11) is 0. The number of benzene rings is 2. The molecule has 0 saturated heterocycles. The number of nitrogens with one attached hydrogen (secondary N) is 1. The van der Waals surface area contributed by atoms with Gasteiger partial charge in [-0.05, 0) is 54.8 Å². The summed E-state index contributed by atoms with van der Waals surface area (Å²) in [6, 6.07) is 18.9. The minimum absolute atomic E-state index is 0.359. The van der Waals surface area contributed by atoms with E-state index in [0.717, 1.165) is 31.4 Å². The first-order valence-corrected chi connectivity index (χ1v) is 9.01. The lowest BCUT2D eigenvalue weighted by molar-refractivity contribution is 0.162. The van der Waals surface area contributed by atoms with Gasteiger partial charge in [-0.3, -0.25) is 4.98 Å². The zero-order valence-corrected chi connectivity index (χ0v) is 14.7. The maximum absolute atomic E-state index is 10.2. The minimum Gasteiger partial charge on any atom is -0.388 e. The van der Waals surface area contributed by atoms with Crippen molar-refractivity contribution in [1.29, 1.82) is 0 Å². The number of aliphatic hydroxyl groups is 1. The Hall–Kier alpha value is -2.23. The molecule has 3 aromatic rings. The summed E-state index contributed by atoms with van der Waals surface area (Å²) in [4.78, 5) is 4.15. The van der Waals surface area contributed by atoms with E-state index >= 15 is 0 Å². The van der Waals surface area contributed by atoms with Crippen molar-refractivity contribution in [1.82, 2.24) is 10.3 Å². The Balaban J connectivity index is 1.42. The average Bonchev–Trinajstić information content (AvgIpc) is 2.67. The molecule has 0 bridgehead atoms. The molecule has 0 aliphatic carbocycles. The van der Waals surface area contributed by atoms with Crippen LogP contribution in [0.5, 0.6) is 0 Å². The third-order valence-electron chi connectivity index (χ3n) is 4.66. The molecule has 0 saturated carbocycles. The molecule has 0 unspecified atom stereocenters. The van der Waals surface area contributed by atoms with E-state index in [1.165, 1.54) is 16.3 Å². The first kappa shape index (κ1) is 17.6. The van der Waals surface area contributed by atoms with E-state index in [1.807, 2.05) is 48.8 Å². The molecule has 25 heavy (non-hydrogen) atoms. The van der Waals surface area contributed by atoms with Gasteiger partial charge in [0.05, 0.1) is 6.10 Å². The number of rotatable bonds is 8. The smallest absolute Gasteiger partial charge is 0.0790 e. The van der Waals surface area contributed by atoms with Crippen LogP contribution in [0.4, 0.5) is 0 Å². The third kappa shape index (κ3) is 5.12. The molecule has 1 heterocycles. The summed E-state index contributed by atoms with van der Waals surface area (Å²) in [5.74, 6) is 0. The van der Waals surface area contributed by atoms with Crippen molar-refractivity contribution in [2.75, 3.05) is 0 Å². The van der Waals surface area contributed by atoms with Gasteiger partial charge in [-0.25, -0.2) is 0 Å². The lowest BCUT2D eigenvalue weighted by Gasteiger charge is -2.16. The van der Waals surface area contributed by atoms with Crippen LogP contribution in [0.3, 0.4) is 0 Å². The van der Waals surface area contributed by atoms with E-state index in [2.05, 4.69) is 35.4 Å². The molecule has 0 fully saturated rings. The Labute approximate surface area is 149 Å². The Kier molecular flexibility index (Phi) is 6.15. The largest absolute Gasteiger partial charge is 0.388 e. The molecular formula is C22H26N2O. The highest BCUT2D eigenvalue weighted by Crippen LogP contribution is 2.19. The summed E-state index contributed by atoms with van der Waals surface area (Å²) in [6.45, 7) is 3.07. The quantitative estimate of drug-likeness (QED) is 0.632. The molecule has 3 heteroatoms. The third-order valence-corrected chi connectivity index (χ3v) is 4.66. The van der Waals surface area contributed by atoms with Crippen LogP contribution < -0.4 is 5.32 Å². The van der Waals surface area contributed by atoms with E-state index < -0.39 is 0 Å². The highest BCUT2D eigenvalue weighted by molar-refractivity contribution is 5.81. The van der Waals surface area contributed by atoms with E-state index in [1.54, 1.807) is 0 Å². The van der Waals surface area contributed by atoms with Crippen LogP contribution in [0.1, 0.15) is 43.4 Å². The Bertz CT molecular complexity index is 788. The van der Waals surface area contributed by atoms with Crippen molar-refractivity contribution in [3.63, 3.8) is 0 Å². The molecule has 2 aromatic carbocycles. The fourth-order valence-electron chi connectivity index (χ4n) is 3.10. The van der Waals surface area contributed by atoms with E-state index in [9.17, 15) is 5.11 Å². The molecule has 0 amide bonds. The molecule has 0 aliphatic heterocycles. The molecule has 0 aliphatic rings. The van der Waals surface area contributed by atoms with Crippen LogP contribution in [-0.4, -0.2) is 16.1 Å². The van der Waals surface area contributed by atoms with Crippen LogP contribution in [0.15, 0.2) is 67.0 Å². The summed E-state index contributed by atoms with van der Waals surface area (Å²) in [6.07, 6.45) is 6.24. The first-order chi connectivity index (χ1) is 12.2. The molecule has 3 rings (SSSR count). The Morgan fingerprint density at radius 1 is 1.00 bits per heavy atom. The van der Waals surface area contributed by atoms with Crippen molar-refractivity contribution in [2.45, 2.75) is 44.9 Å². The predicted octanol–water partition coefficient (Wildman–Crippen LogP) is 4.62. The van der Waals surface area contributed by atoms with Crippen molar-refractivity contribution in [3.05, 3.63) is 78.1 Å². The normalized spacial score (nSPS) is 13.7. The first-order valence-electron chi connectivity index (χ1n) is 9.01. The number of pyridine rings is 1. The number of aromatic nitrogens is 1. The van der Waals surface area contributed by atoms with Gasteiger partial charge < -0.3 is 10.4 Å². The lowest BCUT2D eigenvalue weighted by atomic mass is 10.0. The second-order valence-corrected chi connectivity index (χ2v) is 6.70. The number of nitrogens with zero attached hydrogens (tertiary/aromatic N) is 1. The maximum atomic E-state index is 10.2. The Morgan fingerprint density at radius 3 is 2.68 bits per heavy atom. The fourth-order valence-corrected chi connectivity index (χ4v) is 3.10. The topological polar surface area (TPSA) is 45.1 Å². The standard InChI is InChI=1S/C22H26N2O/c1-17(6-5-9-22(25)19-7-3-2-4-8-19)24-15-18-10-11-21-16-23-13-12-20(21)14-18/h2-4,7-8,10-14,16-17,22,24-25H,5-6,9,15H2,1H3/t17-,22-/m1/s1. The number of aliphatic hydroxyl groups excluding tert-OH is 1. The molecule has 2 atom stereocenters. The lowest BCUT2D eigenvalue weighted by Crippen LogP contribution is -2.25. The van der Waals surface area contributed by atoms with Gasteiger partial charge in [-0.15, -0.1) is 0 Å². The van der Waals surface area contributed by atoms with Crippen molar-refractivity contribution < 1.29 is 5.11 Å². The highest BCUT2D eigenvalue weighted by Gasteiger charge is 2.08. The van der Waals surface area contributed by atoms with E-state index in [4.69, 9.17) is 0 Å². The average molecular weight is 334 g/mol. The molecule has 3 nitrogen and oxygen atoms in total. The zero-order valence-electron chi connectivity index (χ0n) is 14.7. The van der Waals surface area contributed by atoms with Gasteiger partial charge in [0.1, 0.15) is 0 Å². The second kappa shape index (κ2) is 8.75. The zero-order chi connectivity index (χ0) is 17.5. The summed E-state index contributed by atoms with van der Waals surface area (Å²) in [5.41, 5.74) is 2.30. The molecule has 0 spiro atoms. The van der Waals surface area contributed by atoms with Gasteiger partial charge in [0, 0.05) is 30.4 Å². The predicted molar refractivity (Wildman–Crippen MR) is 103 cm³/mol. The maximum Gasteiger partial charge on any atom is 0.0790 e. The number of hydrogen-bond donors (Lipinski definition) is 2. The highest BCUT2D eigenvalue weighted by atomic mass is 16.3. The summed E-state index contributed by atoms with van der Waals surface area (Å²) in [5, 5.41) is 16.2. The van der Waals surface area contributed by atoms with Crippen LogP contribution in [0, 0.1) is 0 Å². The summed E-state index contributed by atoms with van der Waals surface area (Å²) < 4.78 is 0. The molecule has 2 N–H and O–H groups in total. The number of fused-ring (bicyclic) bond motifs is 1. The summed E-state index contributed by atoms with van der Waals surface area (Å²) >= 11 is 0. The molecule has 0 radical (unpaired) electrons. The Morgan fingerprint density at radius 2 is 1.84 bits per heavy atom. The fraction of sp³-hybridized carbons (Fsp3) is 0.318. The van der Waals surface area contributed by atoms with Gasteiger partial charge >= 0.3 is 0 Å². The monoisotopic (exact) mass is 334 g/mol. The van der Waals surface area contributed by atoms with Gasteiger partial charge in [0.15, 0.2) is 0 Å². The van der Waals surface area contributed by atoms with Gasteiger partial charge in [-0.1, -0.05) is 42.5 Å². The second-order valence-electron chi connectivity index (χ2n) is 6.70. The van der Waals surface area contributed by atoms with Gasteiger partial charge in [0.25, 0.3) is 0 Å². The van der Waals surface area contributed by atoms with Crippen molar-refractivity contribution in [3.8, 4) is 0 Å². The van der Waals surface area contributed by atoms with E-state index in [0.29, 0.717) is 6.04 Å². The van der Waals surface area contributed by atoms with Crippen LogP contribution in [-0.2, 0) is 6.54 Å².